The molecule has 1 aliphatic rings. The third-order valence-corrected chi connectivity index (χ3v) is 5.71. The molecule has 1 fully saturated rings. The molecule has 34 heavy (non-hydrogen) atoms. The highest BCUT2D eigenvalue weighted by Crippen LogP contribution is 2.33. The van der Waals surface area contributed by atoms with E-state index < -0.39 is 13.0 Å². The van der Waals surface area contributed by atoms with Crippen LogP contribution in [-0.4, -0.2) is 18.9 Å². The maximum absolute atomic E-state index is 12.4. The van der Waals surface area contributed by atoms with E-state index in [0.29, 0.717) is 18.2 Å². The fraction of sp³-hybridized carbons (Fsp3) is 0.296. The molecule has 1 saturated carbocycles. The van der Waals surface area contributed by atoms with Crippen LogP contribution in [0, 0.1) is 5.92 Å². The lowest BCUT2D eigenvalue weighted by Gasteiger charge is -2.11. The van der Waals surface area contributed by atoms with Crippen LogP contribution >= 0.6 is 0 Å². The molecule has 0 bridgehead atoms. The van der Waals surface area contributed by atoms with Gasteiger partial charge in [0.1, 0.15) is 18.1 Å². The Kier molecular flexibility index (Phi) is 7.96. The largest absolute Gasteiger partial charge is 0.488 e. The number of hydrogen-bond donors (Lipinski definition) is 1. The number of benzene rings is 2. The average molecular weight is 468 g/mol. The number of amides is 1. The Labute approximate surface area is 197 Å². The van der Waals surface area contributed by atoms with Gasteiger partial charge in [-0.3, -0.25) is 4.79 Å². The van der Waals surface area contributed by atoms with E-state index in [0.717, 1.165) is 42.6 Å². The normalized spacial score (nSPS) is 16.7. The summed E-state index contributed by atoms with van der Waals surface area (Å²) >= 11 is 0. The first-order valence-corrected chi connectivity index (χ1v) is 11.3. The molecule has 1 amide bonds. The van der Waals surface area contributed by atoms with Gasteiger partial charge >= 0.3 is 0 Å². The fourth-order valence-corrected chi connectivity index (χ4v) is 4.01. The minimum atomic E-state index is -2.48. The van der Waals surface area contributed by atoms with Gasteiger partial charge in [0.2, 0.25) is 0 Å². The zero-order chi connectivity index (χ0) is 23.8. The summed E-state index contributed by atoms with van der Waals surface area (Å²) in [4.78, 5) is 11.9. The summed E-state index contributed by atoms with van der Waals surface area (Å²) in [5, 5.41) is 2.81. The molecule has 0 spiro atoms. The number of alkyl halides is 2. The van der Waals surface area contributed by atoms with Crippen molar-refractivity contribution in [3.05, 3.63) is 95.6 Å². The lowest BCUT2D eigenvalue weighted by Crippen LogP contribution is -2.22. The molecule has 2 aromatic carbocycles. The standard InChI is InChI=1S/C27H27F2NO4/c28-26(29)18-34-24-4-1-3-20(15-24)13-21-6-7-22(14-21)17-33-23-10-8-19(9-11-23)16-30-27(31)25-5-2-12-32-25/h1-5,8-12,15,17,21,26H,6-7,13-14,16,18H2,(H,30,31). The molecule has 1 atom stereocenters. The minimum absolute atomic E-state index is 0.252. The predicted molar refractivity (Wildman–Crippen MR) is 124 cm³/mol. The van der Waals surface area contributed by atoms with Crippen LogP contribution in [0.3, 0.4) is 0 Å². The van der Waals surface area contributed by atoms with E-state index in [9.17, 15) is 13.6 Å². The predicted octanol–water partition coefficient (Wildman–Crippen LogP) is 6.16. The topological polar surface area (TPSA) is 60.7 Å². The molecular weight excluding hydrogens is 440 g/mol. The molecule has 0 aliphatic heterocycles. The van der Waals surface area contributed by atoms with Gasteiger partial charge in [-0.25, -0.2) is 8.78 Å². The van der Waals surface area contributed by atoms with Gasteiger partial charge in [0.05, 0.1) is 12.5 Å². The van der Waals surface area contributed by atoms with Gasteiger partial charge < -0.3 is 19.2 Å². The number of carbonyl (C=O) groups is 1. The highest BCUT2D eigenvalue weighted by molar-refractivity contribution is 5.91. The SMILES string of the molecule is O=C(NCc1ccc(OC=C2CCC(Cc3cccc(OCC(F)F)c3)C2)cc1)c1ccco1. The van der Waals surface area contributed by atoms with E-state index in [4.69, 9.17) is 13.9 Å². The van der Waals surface area contributed by atoms with Gasteiger partial charge in [-0.2, -0.15) is 0 Å². The maximum Gasteiger partial charge on any atom is 0.287 e. The van der Waals surface area contributed by atoms with E-state index in [1.165, 1.54) is 11.8 Å². The Morgan fingerprint density at radius 3 is 2.71 bits per heavy atom. The zero-order valence-electron chi connectivity index (χ0n) is 18.7. The third kappa shape index (κ3) is 6.94. The first kappa shape index (κ1) is 23.5. The molecule has 178 valence electrons. The quantitative estimate of drug-likeness (QED) is 0.363. The van der Waals surface area contributed by atoms with Gasteiger partial charge in [0, 0.05) is 6.54 Å². The summed E-state index contributed by atoms with van der Waals surface area (Å²) in [6.45, 7) is -0.186. The molecule has 7 heteroatoms. The van der Waals surface area contributed by atoms with E-state index in [1.807, 2.05) is 48.7 Å². The van der Waals surface area contributed by atoms with Crippen molar-refractivity contribution in [1.29, 1.82) is 0 Å². The summed E-state index contributed by atoms with van der Waals surface area (Å²) in [5.74, 6) is 1.74. The first-order valence-electron chi connectivity index (χ1n) is 11.3. The molecule has 1 heterocycles. The van der Waals surface area contributed by atoms with Crippen molar-refractivity contribution in [2.75, 3.05) is 6.61 Å². The van der Waals surface area contributed by atoms with Gasteiger partial charge in [0.25, 0.3) is 12.3 Å². The molecule has 1 aliphatic carbocycles. The van der Waals surface area contributed by atoms with Crippen LogP contribution in [0.1, 0.15) is 40.9 Å². The molecule has 4 rings (SSSR count). The number of allylic oxidation sites excluding steroid dienone is 1. The summed E-state index contributed by atoms with van der Waals surface area (Å²) in [5.41, 5.74) is 3.30. The van der Waals surface area contributed by atoms with Gasteiger partial charge in [0.15, 0.2) is 5.76 Å². The summed E-state index contributed by atoms with van der Waals surface area (Å²) in [6, 6.07) is 18.3. The van der Waals surface area contributed by atoms with Crippen molar-refractivity contribution in [3.63, 3.8) is 0 Å². The maximum atomic E-state index is 12.4. The van der Waals surface area contributed by atoms with Gasteiger partial charge in [-0.05, 0) is 84.7 Å². The molecular formula is C27H27F2NO4. The number of carbonyl (C=O) groups excluding carboxylic acids is 1. The number of furan rings is 1. The lowest BCUT2D eigenvalue weighted by molar-refractivity contribution is 0.0818. The number of rotatable bonds is 10. The van der Waals surface area contributed by atoms with E-state index in [2.05, 4.69) is 5.32 Å². The smallest absolute Gasteiger partial charge is 0.287 e. The Hall–Kier alpha value is -3.61. The third-order valence-electron chi connectivity index (χ3n) is 5.71. The van der Waals surface area contributed by atoms with Crippen molar-refractivity contribution >= 4 is 5.91 Å². The Bertz CT molecular complexity index is 1090. The molecule has 1 N–H and O–H groups in total. The van der Waals surface area contributed by atoms with Crippen molar-refractivity contribution in [2.45, 2.75) is 38.7 Å². The van der Waals surface area contributed by atoms with Crippen LogP contribution in [0.4, 0.5) is 8.78 Å². The van der Waals surface area contributed by atoms with Crippen LogP contribution in [0.15, 0.2) is 83.2 Å². The highest BCUT2D eigenvalue weighted by atomic mass is 19.3. The second kappa shape index (κ2) is 11.5. The van der Waals surface area contributed by atoms with Crippen molar-refractivity contribution in [1.82, 2.24) is 5.32 Å². The van der Waals surface area contributed by atoms with E-state index in [-0.39, 0.29) is 11.7 Å². The van der Waals surface area contributed by atoms with Gasteiger partial charge in [-0.1, -0.05) is 24.3 Å². The Balaban J connectivity index is 1.22. The number of hydrogen-bond acceptors (Lipinski definition) is 4. The van der Waals surface area contributed by atoms with Crippen LogP contribution in [0.25, 0.3) is 0 Å². The van der Waals surface area contributed by atoms with Crippen LogP contribution in [-0.2, 0) is 13.0 Å². The Morgan fingerprint density at radius 1 is 1.09 bits per heavy atom. The summed E-state index contributed by atoms with van der Waals surface area (Å²) < 4.78 is 40.8. The average Bonchev–Trinajstić information content (AvgIpc) is 3.53. The molecule has 1 aromatic heterocycles. The lowest BCUT2D eigenvalue weighted by atomic mass is 9.98. The zero-order valence-corrected chi connectivity index (χ0v) is 18.7. The number of nitrogens with one attached hydrogen (secondary N) is 1. The number of ether oxygens (including phenoxy) is 2. The minimum Gasteiger partial charge on any atom is -0.488 e. The molecule has 0 radical (unpaired) electrons. The van der Waals surface area contributed by atoms with Crippen molar-refractivity contribution in [3.8, 4) is 11.5 Å². The summed E-state index contributed by atoms with van der Waals surface area (Å²) in [6.07, 6.45) is 4.68. The second-order valence-electron chi connectivity index (χ2n) is 8.36. The molecule has 5 nitrogen and oxygen atoms in total. The van der Waals surface area contributed by atoms with E-state index in [1.54, 1.807) is 18.2 Å². The Morgan fingerprint density at radius 2 is 1.94 bits per heavy atom. The first-order chi connectivity index (χ1) is 16.5. The van der Waals surface area contributed by atoms with Crippen LogP contribution < -0.4 is 14.8 Å². The molecule has 1 unspecified atom stereocenters. The molecule has 3 aromatic rings. The van der Waals surface area contributed by atoms with Gasteiger partial charge in [-0.15, -0.1) is 0 Å². The van der Waals surface area contributed by atoms with Crippen LogP contribution in [0.2, 0.25) is 0 Å². The van der Waals surface area contributed by atoms with E-state index >= 15 is 0 Å². The van der Waals surface area contributed by atoms with Crippen molar-refractivity contribution in [2.24, 2.45) is 5.92 Å². The number of halogens is 2. The monoisotopic (exact) mass is 467 g/mol. The highest BCUT2D eigenvalue weighted by Gasteiger charge is 2.20. The summed E-state index contributed by atoms with van der Waals surface area (Å²) in [7, 11) is 0. The fourth-order valence-electron chi connectivity index (χ4n) is 4.01. The second-order valence-corrected chi connectivity index (χ2v) is 8.36. The molecule has 0 saturated heterocycles. The van der Waals surface area contributed by atoms with Crippen LogP contribution in [0.5, 0.6) is 11.5 Å². The van der Waals surface area contributed by atoms with Crippen molar-refractivity contribution < 1.29 is 27.5 Å².